The molecule has 1 amide bonds. The van der Waals surface area contributed by atoms with Crippen molar-refractivity contribution < 1.29 is 23.8 Å². The summed E-state index contributed by atoms with van der Waals surface area (Å²) in [5.74, 6) is 0.295. The Hall–Kier alpha value is -2.93. The molecule has 0 saturated carbocycles. The van der Waals surface area contributed by atoms with E-state index in [1.54, 1.807) is 43.3 Å². The minimum atomic E-state index is -0.491. The van der Waals surface area contributed by atoms with Gasteiger partial charge in [-0.05, 0) is 19.1 Å². The van der Waals surface area contributed by atoms with Crippen LogP contribution in [-0.2, 0) is 9.53 Å². The van der Waals surface area contributed by atoms with Crippen molar-refractivity contribution in [3.05, 3.63) is 47.0 Å². The molecule has 3 rings (SSSR count). The molecule has 1 aliphatic rings. The van der Waals surface area contributed by atoms with E-state index in [1.165, 1.54) is 0 Å². The van der Waals surface area contributed by atoms with E-state index in [1.807, 2.05) is 0 Å². The third-order valence-electron chi connectivity index (χ3n) is 3.60. The third kappa shape index (κ3) is 4.00. The highest BCUT2D eigenvalue weighted by atomic mass is 35.5. The largest absolute Gasteiger partial charge is 0.462 e. The fourth-order valence-corrected chi connectivity index (χ4v) is 2.62. The van der Waals surface area contributed by atoms with Crippen molar-refractivity contribution in [3.63, 3.8) is 0 Å². The fraction of sp³-hybridized carbons (Fsp3) is 0.222. The monoisotopic (exact) mass is 376 g/mol. The van der Waals surface area contributed by atoms with E-state index in [-0.39, 0.29) is 25.9 Å². The van der Waals surface area contributed by atoms with Gasteiger partial charge in [-0.15, -0.1) is 0 Å². The molecular weight excluding hydrogens is 360 g/mol. The van der Waals surface area contributed by atoms with Crippen molar-refractivity contribution in [2.24, 2.45) is 0 Å². The summed E-state index contributed by atoms with van der Waals surface area (Å²) in [6, 6.07) is 9.95. The van der Waals surface area contributed by atoms with Gasteiger partial charge in [-0.1, -0.05) is 23.7 Å². The van der Waals surface area contributed by atoms with E-state index in [0.717, 1.165) is 0 Å². The number of hydrogen-bond acceptors (Lipinski definition) is 6. The van der Waals surface area contributed by atoms with Gasteiger partial charge in [0.05, 0.1) is 35.1 Å². The molecule has 7 nitrogen and oxygen atoms in total. The average molecular weight is 377 g/mol. The Balaban J connectivity index is 1.64. The summed E-state index contributed by atoms with van der Waals surface area (Å²) in [6.07, 6.45) is 0. The predicted molar refractivity (Wildman–Crippen MR) is 97.1 cm³/mol. The number of rotatable bonds is 6. The summed E-state index contributed by atoms with van der Waals surface area (Å²) in [7, 11) is 0. The fourth-order valence-electron chi connectivity index (χ4n) is 2.40. The highest BCUT2D eigenvalue weighted by Crippen LogP contribution is 2.39. The molecule has 0 spiro atoms. The highest BCUT2D eigenvalue weighted by molar-refractivity contribution is 6.33. The van der Waals surface area contributed by atoms with Gasteiger partial charge in [0.15, 0.2) is 11.5 Å². The van der Waals surface area contributed by atoms with E-state index in [9.17, 15) is 9.59 Å². The molecule has 0 radical (unpaired) electrons. The Kier molecular flexibility index (Phi) is 5.48. The number of anilines is 2. The first-order chi connectivity index (χ1) is 12.6. The number of carbonyl (C=O) groups excluding carboxylic acids is 2. The maximum atomic E-state index is 12.2. The Labute approximate surface area is 155 Å². The lowest BCUT2D eigenvalue weighted by atomic mass is 10.2. The van der Waals surface area contributed by atoms with Crippen LogP contribution in [0.4, 0.5) is 11.4 Å². The first-order valence-corrected chi connectivity index (χ1v) is 8.35. The molecule has 0 bridgehead atoms. The van der Waals surface area contributed by atoms with E-state index >= 15 is 0 Å². The molecule has 136 valence electrons. The van der Waals surface area contributed by atoms with Crippen molar-refractivity contribution in [2.45, 2.75) is 6.92 Å². The number of carbonyl (C=O) groups is 2. The Morgan fingerprint density at radius 3 is 2.65 bits per heavy atom. The van der Waals surface area contributed by atoms with Gasteiger partial charge in [0.25, 0.3) is 0 Å². The molecule has 0 atom stereocenters. The summed E-state index contributed by atoms with van der Waals surface area (Å²) >= 11 is 6.16. The van der Waals surface area contributed by atoms with Crippen LogP contribution in [0.15, 0.2) is 36.4 Å². The lowest BCUT2D eigenvalue weighted by Gasteiger charge is -2.12. The molecule has 1 aliphatic heterocycles. The van der Waals surface area contributed by atoms with Crippen LogP contribution in [0, 0.1) is 0 Å². The summed E-state index contributed by atoms with van der Waals surface area (Å²) in [5, 5.41) is 6.04. The number of benzene rings is 2. The molecule has 0 saturated heterocycles. The molecule has 8 heteroatoms. The smallest absolute Gasteiger partial charge is 0.340 e. The van der Waals surface area contributed by atoms with Gasteiger partial charge >= 0.3 is 5.97 Å². The van der Waals surface area contributed by atoms with Crippen LogP contribution in [0.25, 0.3) is 0 Å². The number of para-hydroxylation sites is 1. The third-order valence-corrected chi connectivity index (χ3v) is 3.91. The number of esters is 1. The first kappa shape index (κ1) is 17.9. The predicted octanol–water partition coefficient (Wildman–Crippen LogP) is 3.30. The first-order valence-electron chi connectivity index (χ1n) is 7.97. The maximum Gasteiger partial charge on any atom is 0.340 e. The average Bonchev–Trinajstić information content (AvgIpc) is 3.07. The van der Waals surface area contributed by atoms with Gasteiger partial charge in [-0.2, -0.15) is 0 Å². The van der Waals surface area contributed by atoms with Crippen LogP contribution in [0.5, 0.6) is 11.5 Å². The topological polar surface area (TPSA) is 85.9 Å². The van der Waals surface area contributed by atoms with Crippen LogP contribution < -0.4 is 20.1 Å². The number of fused-ring (bicyclic) bond motifs is 1. The zero-order chi connectivity index (χ0) is 18.5. The van der Waals surface area contributed by atoms with Gasteiger partial charge in [0.2, 0.25) is 12.7 Å². The van der Waals surface area contributed by atoms with Gasteiger partial charge in [0, 0.05) is 12.1 Å². The van der Waals surface area contributed by atoms with Gasteiger partial charge in [-0.3, -0.25) is 4.79 Å². The molecular formula is C18H17ClN2O5. The van der Waals surface area contributed by atoms with Crippen molar-refractivity contribution >= 4 is 34.9 Å². The zero-order valence-electron chi connectivity index (χ0n) is 14.0. The Morgan fingerprint density at radius 2 is 1.88 bits per heavy atom. The molecule has 26 heavy (non-hydrogen) atoms. The molecule has 2 aromatic carbocycles. The summed E-state index contributed by atoms with van der Waals surface area (Å²) in [4.78, 5) is 24.2. The molecule has 0 aromatic heterocycles. The second kappa shape index (κ2) is 7.97. The molecule has 0 fully saturated rings. The number of nitrogens with one attached hydrogen (secondary N) is 2. The Morgan fingerprint density at radius 1 is 1.15 bits per heavy atom. The normalized spacial score (nSPS) is 11.8. The van der Waals surface area contributed by atoms with E-state index in [0.29, 0.717) is 33.5 Å². The van der Waals surface area contributed by atoms with Crippen LogP contribution in [0.2, 0.25) is 5.02 Å². The van der Waals surface area contributed by atoms with Gasteiger partial charge < -0.3 is 24.8 Å². The van der Waals surface area contributed by atoms with Crippen LogP contribution in [0.3, 0.4) is 0 Å². The molecule has 1 heterocycles. The number of halogens is 1. The van der Waals surface area contributed by atoms with E-state index in [4.69, 9.17) is 25.8 Å². The summed E-state index contributed by atoms with van der Waals surface area (Å²) < 4.78 is 15.5. The highest BCUT2D eigenvalue weighted by Gasteiger charge is 2.17. The Bertz CT molecular complexity index is 840. The second-order valence-corrected chi connectivity index (χ2v) is 5.76. The lowest BCUT2D eigenvalue weighted by Crippen LogP contribution is -2.23. The van der Waals surface area contributed by atoms with Crippen LogP contribution >= 0.6 is 11.6 Å². The summed E-state index contributed by atoms with van der Waals surface area (Å²) in [6.45, 7) is 2.07. The second-order valence-electron chi connectivity index (χ2n) is 5.35. The summed E-state index contributed by atoms with van der Waals surface area (Å²) in [5.41, 5.74) is 1.23. The zero-order valence-corrected chi connectivity index (χ0v) is 14.8. The van der Waals surface area contributed by atoms with E-state index in [2.05, 4.69) is 10.6 Å². The van der Waals surface area contributed by atoms with Crippen molar-refractivity contribution in [3.8, 4) is 11.5 Å². The SMILES string of the molecule is CCOC(=O)c1ccccc1NC(=O)CNc1cc2c(cc1Cl)OCO2. The lowest BCUT2D eigenvalue weighted by molar-refractivity contribution is -0.114. The van der Waals surface area contributed by atoms with Crippen molar-refractivity contribution in [1.82, 2.24) is 0 Å². The standard InChI is InChI=1S/C18H17ClN2O5/c1-2-24-18(23)11-5-3-4-6-13(11)21-17(22)9-20-14-8-16-15(7-12(14)19)25-10-26-16/h3-8,20H,2,9-10H2,1H3,(H,21,22). The molecule has 2 aromatic rings. The van der Waals surface area contributed by atoms with Crippen LogP contribution in [0.1, 0.15) is 17.3 Å². The van der Waals surface area contributed by atoms with E-state index < -0.39 is 5.97 Å². The number of ether oxygens (including phenoxy) is 3. The van der Waals surface area contributed by atoms with Crippen molar-refractivity contribution in [1.29, 1.82) is 0 Å². The molecule has 0 aliphatic carbocycles. The number of amides is 1. The van der Waals surface area contributed by atoms with Gasteiger partial charge in [-0.25, -0.2) is 4.79 Å². The van der Waals surface area contributed by atoms with Crippen LogP contribution in [-0.4, -0.2) is 31.8 Å². The van der Waals surface area contributed by atoms with Crippen molar-refractivity contribution in [2.75, 3.05) is 30.6 Å². The minimum absolute atomic E-state index is 0.0451. The minimum Gasteiger partial charge on any atom is -0.462 e. The molecule has 2 N–H and O–H groups in total. The number of hydrogen-bond donors (Lipinski definition) is 2. The molecule has 0 unspecified atom stereocenters. The quantitative estimate of drug-likeness (QED) is 0.752. The van der Waals surface area contributed by atoms with Gasteiger partial charge in [0.1, 0.15) is 0 Å². The maximum absolute atomic E-state index is 12.2.